The Bertz CT molecular complexity index is 909. The van der Waals surface area contributed by atoms with E-state index < -0.39 is 6.10 Å². The Hall–Kier alpha value is -2.50. The van der Waals surface area contributed by atoms with Gasteiger partial charge in [0.15, 0.2) is 0 Å². The SMILES string of the molecule is O=c1ccc(-c2ccc(F)cc2)nn1C[C@@H](O)c1ccccc1Cl. The Balaban J connectivity index is 1.91. The predicted molar refractivity (Wildman–Crippen MR) is 90.3 cm³/mol. The predicted octanol–water partition coefficient (Wildman–Crippen LogP) is 3.44. The maximum Gasteiger partial charge on any atom is 0.266 e. The molecule has 0 saturated carbocycles. The van der Waals surface area contributed by atoms with Crippen molar-refractivity contribution in [3.8, 4) is 11.3 Å². The van der Waals surface area contributed by atoms with Crippen LogP contribution in [0.25, 0.3) is 11.3 Å². The summed E-state index contributed by atoms with van der Waals surface area (Å²) < 4.78 is 14.2. The third-order valence-corrected chi connectivity index (χ3v) is 3.96. The smallest absolute Gasteiger partial charge is 0.266 e. The average Bonchev–Trinajstić information content (AvgIpc) is 2.58. The Morgan fingerprint density at radius 3 is 2.50 bits per heavy atom. The van der Waals surface area contributed by atoms with E-state index in [1.165, 1.54) is 22.9 Å². The summed E-state index contributed by atoms with van der Waals surface area (Å²) in [5, 5.41) is 15.0. The first-order valence-corrected chi connectivity index (χ1v) is 7.69. The molecule has 1 heterocycles. The van der Waals surface area contributed by atoms with Crippen molar-refractivity contribution < 1.29 is 9.50 Å². The molecule has 3 aromatic rings. The third-order valence-electron chi connectivity index (χ3n) is 3.62. The highest BCUT2D eigenvalue weighted by atomic mass is 35.5. The molecule has 0 aliphatic rings. The molecule has 0 spiro atoms. The van der Waals surface area contributed by atoms with Gasteiger partial charge in [0.05, 0.1) is 12.2 Å². The van der Waals surface area contributed by atoms with Crippen molar-refractivity contribution in [3.63, 3.8) is 0 Å². The van der Waals surface area contributed by atoms with Crippen LogP contribution in [-0.4, -0.2) is 14.9 Å². The number of halogens is 2. The topological polar surface area (TPSA) is 55.1 Å². The lowest BCUT2D eigenvalue weighted by Gasteiger charge is -2.14. The average molecular weight is 345 g/mol. The molecule has 6 heteroatoms. The molecule has 4 nitrogen and oxygen atoms in total. The zero-order valence-corrected chi connectivity index (χ0v) is 13.3. The van der Waals surface area contributed by atoms with Crippen LogP contribution in [0.3, 0.4) is 0 Å². The quantitative estimate of drug-likeness (QED) is 0.788. The number of aliphatic hydroxyl groups is 1. The van der Waals surface area contributed by atoms with Crippen molar-refractivity contribution >= 4 is 11.6 Å². The van der Waals surface area contributed by atoms with Crippen LogP contribution >= 0.6 is 11.6 Å². The maximum absolute atomic E-state index is 13.0. The second-order valence-electron chi connectivity index (χ2n) is 5.28. The minimum atomic E-state index is -0.965. The fourth-order valence-corrected chi connectivity index (χ4v) is 2.62. The van der Waals surface area contributed by atoms with E-state index in [4.69, 9.17) is 11.6 Å². The first-order valence-electron chi connectivity index (χ1n) is 7.31. The summed E-state index contributed by atoms with van der Waals surface area (Å²) >= 11 is 6.06. The molecule has 0 aliphatic carbocycles. The molecule has 0 bridgehead atoms. The first kappa shape index (κ1) is 16.4. The van der Waals surface area contributed by atoms with E-state index in [1.807, 2.05) is 0 Å². The Labute approximate surface area is 142 Å². The van der Waals surface area contributed by atoms with Gasteiger partial charge in [-0.15, -0.1) is 0 Å². The molecule has 1 N–H and O–H groups in total. The fraction of sp³-hybridized carbons (Fsp3) is 0.111. The van der Waals surface area contributed by atoms with Crippen molar-refractivity contribution in [1.82, 2.24) is 9.78 Å². The summed E-state index contributed by atoms with van der Waals surface area (Å²) in [4.78, 5) is 12.0. The number of nitrogens with zero attached hydrogens (tertiary/aromatic N) is 2. The number of aliphatic hydroxyl groups excluding tert-OH is 1. The fourth-order valence-electron chi connectivity index (χ4n) is 2.36. The number of aromatic nitrogens is 2. The Kier molecular flexibility index (Phi) is 4.74. The first-order chi connectivity index (χ1) is 11.5. The molecular weight excluding hydrogens is 331 g/mol. The van der Waals surface area contributed by atoms with Gasteiger partial charge in [-0.2, -0.15) is 5.10 Å². The number of hydrogen-bond acceptors (Lipinski definition) is 3. The summed E-state index contributed by atoms with van der Waals surface area (Å²) in [6.45, 7) is -0.0302. The van der Waals surface area contributed by atoms with Crippen LogP contribution in [0.4, 0.5) is 4.39 Å². The highest BCUT2D eigenvalue weighted by molar-refractivity contribution is 6.31. The lowest BCUT2D eigenvalue weighted by molar-refractivity contribution is 0.149. The molecule has 0 amide bonds. The van der Waals surface area contributed by atoms with Crippen LogP contribution in [0, 0.1) is 5.82 Å². The summed E-state index contributed by atoms with van der Waals surface area (Å²) in [5.41, 5.74) is 1.38. The molecule has 0 radical (unpaired) electrons. The van der Waals surface area contributed by atoms with Gasteiger partial charge in [-0.25, -0.2) is 9.07 Å². The highest BCUT2D eigenvalue weighted by Crippen LogP contribution is 2.23. The van der Waals surface area contributed by atoms with Crippen LogP contribution in [0.5, 0.6) is 0 Å². The van der Waals surface area contributed by atoms with Gasteiger partial charge in [0, 0.05) is 22.2 Å². The zero-order chi connectivity index (χ0) is 17.1. The van der Waals surface area contributed by atoms with Crippen molar-refractivity contribution in [1.29, 1.82) is 0 Å². The van der Waals surface area contributed by atoms with Gasteiger partial charge in [-0.05, 0) is 36.4 Å². The van der Waals surface area contributed by atoms with E-state index in [0.29, 0.717) is 21.8 Å². The van der Waals surface area contributed by atoms with Crippen LogP contribution in [0.2, 0.25) is 5.02 Å². The molecule has 1 aromatic heterocycles. The lowest BCUT2D eigenvalue weighted by Crippen LogP contribution is -2.25. The van der Waals surface area contributed by atoms with Gasteiger partial charge in [-0.3, -0.25) is 4.79 Å². The molecule has 122 valence electrons. The molecule has 0 unspecified atom stereocenters. The van der Waals surface area contributed by atoms with Crippen LogP contribution in [0.1, 0.15) is 11.7 Å². The van der Waals surface area contributed by atoms with E-state index in [9.17, 15) is 14.3 Å². The molecular formula is C18H14ClFN2O2. The number of benzene rings is 2. The standard InChI is InChI=1S/C18H14ClFN2O2/c19-15-4-2-1-3-14(15)17(23)11-22-18(24)10-9-16(21-22)12-5-7-13(20)8-6-12/h1-10,17,23H,11H2/t17-/m1/s1. The van der Waals surface area contributed by atoms with E-state index in [2.05, 4.69) is 5.10 Å². The van der Waals surface area contributed by atoms with E-state index >= 15 is 0 Å². The molecule has 24 heavy (non-hydrogen) atoms. The van der Waals surface area contributed by atoms with Gasteiger partial charge in [0.2, 0.25) is 0 Å². The second-order valence-corrected chi connectivity index (χ2v) is 5.69. The maximum atomic E-state index is 13.0. The summed E-state index contributed by atoms with van der Waals surface area (Å²) in [6.07, 6.45) is -0.965. The lowest BCUT2D eigenvalue weighted by atomic mass is 10.1. The molecule has 0 saturated heterocycles. The highest BCUT2D eigenvalue weighted by Gasteiger charge is 2.14. The van der Waals surface area contributed by atoms with Crippen LogP contribution in [-0.2, 0) is 6.54 Å². The Morgan fingerprint density at radius 2 is 1.79 bits per heavy atom. The molecule has 0 fully saturated rings. The van der Waals surface area contributed by atoms with Gasteiger partial charge in [-0.1, -0.05) is 29.8 Å². The number of hydrogen-bond donors (Lipinski definition) is 1. The summed E-state index contributed by atoms with van der Waals surface area (Å²) in [7, 11) is 0. The minimum Gasteiger partial charge on any atom is -0.386 e. The van der Waals surface area contributed by atoms with Gasteiger partial charge < -0.3 is 5.11 Å². The van der Waals surface area contributed by atoms with Crippen LogP contribution in [0.15, 0.2) is 65.5 Å². The minimum absolute atomic E-state index is 0.0302. The van der Waals surface area contributed by atoms with Crippen LogP contribution < -0.4 is 5.56 Å². The van der Waals surface area contributed by atoms with Crippen molar-refractivity contribution in [2.45, 2.75) is 12.6 Å². The third kappa shape index (κ3) is 3.53. The van der Waals surface area contributed by atoms with E-state index in [1.54, 1.807) is 42.5 Å². The van der Waals surface area contributed by atoms with E-state index in [0.717, 1.165) is 0 Å². The zero-order valence-electron chi connectivity index (χ0n) is 12.6. The molecule has 0 aliphatic heterocycles. The van der Waals surface area contributed by atoms with E-state index in [-0.39, 0.29) is 17.9 Å². The summed E-state index contributed by atoms with van der Waals surface area (Å²) in [5.74, 6) is -0.346. The van der Waals surface area contributed by atoms with Crippen molar-refractivity contribution in [2.24, 2.45) is 0 Å². The normalized spacial score (nSPS) is 12.1. The monoisotopic (exact) mass is 344 g/mol. The Morgan fingerprint density at radius 1 is 1.08 bits per heavy atom. The van der Waals surface area contributed by atoms with Gasteiger partial charge >= 0.3 is 0 Å². The van der Waals surface area contributed by atoms with Gasteiger partial charge in [0.25, 0.3) is 5.56 Å². The summed E-state index contributed by atoms with van der Waals surface area (Å²) in [6, 6.07) is 15.6. The second kappa shape index (κ2) is 6.95. The van der Waals surface area contributed by atoms with Crippen molar-refractivity contribution in [2.75, 3.05) is 0 Å². The van der Waals surface area contributed by atoms with Crippen molar-refractivity contribution in [3.05, 3.63) is 87.4 Å². The van der Waals surface area contributed by atoms with Gasteiger partial charge in [0.1, 0.15) is 11.9 Å². The largest absolute Gasteiger partial charge is 0.386 e. The molecule has 2 aromatic carbocycles. The molecule has 3 rings (SSSR count). The number of rotatable bonds is 4. The molecule has 1 atom stereocenters.